The standard InChI is InChI=1S/C9H16BrNO2S/c10-5-9-3-4-11(6-9)14(12,13)7-8-1-2-8/h8-9H,1-7H2. The smallest absolute Gasteiger partial charge is 0.212 e. The van der Waals surface area contributed by atoms with Crippen molar-refractivity contribution in [3.8, 4) is 0 Å². The van der Waals surface area contributed by atoms with Gasteiger partial charge >= 0.3 is 0 Å². The summed E-state index contributed by atoms with van der Waals surface area (Å²) in [4.78, 5) is 0. The van der Waals surface area contributed by atoms with E-state index in [4.69, 9.17) is 0 Å². The van der Waals surface area contributed by atoms with Crippen molar-refractivity contribution in [2.75, 3.05) is 24.2 Å². The van der Waals surface area contributed by atoms with Crippen LogP contribution in [0.1, 0.15) is 19.3 Å². The molecular formula is C9H16BrNO2S. The van der Waals surface area contributed by atoms with Crippen LogP contribution in [0.3, 0.4) is 0 Å². The Kier molecular flexibility index (Phi) is 3.19. The van der Waals surface area contributed by atoms with Crippen LogP contribution in [0.15, 0.2) is 0 Å². The monoisotopic (exact) mass is 281 g/mol. The third kappa shape index (κ3) is 2.49. The molecule has 0 aromatic carbocycles. The largest absolute Gasteiger partial charge is 0.214 e. The highest BCUT2D eigenvalue weighted by atomic mass is 79.9. The van der Waals surface area contributed by atoms with Gasteiger partial charge in [-0.25, -0.2) is 12.7 Å². The third-order valence-electron chi connectivity index (χ3n) is 3.00. The molecule has 1 aliphatic carbocycles. The molecule has 0 bridgehead atoms. The first-order valence-corrected chi connectivity index (χ1v) is 7.88. The first-order valence-electron chi connectivity index (χ1n) is 5.15. The van der Waals surface area contributed by atoms with Crippen LogP contribution in [0.2, 0.25) is 0 Å². The average molecular weight is 282 g/mol. The second kappa shape index (κ2) is 4.10. The molecule has 1 aliphatic heterocycles. The minimum Gasteiger partial charge on any atom is -0.212 e. The van der Waals surface area contributed by atoms with Gasteiger partial charge in [0.25, 0.3) is 0 Å². The van der Waals surface area contributed by atoms with E-state index < -0.39 is 10.0 Å². The molecule has 0 N–H and O–H groups in total. The Balaban J connectivity index is 1.93. The minimum atomic E-state index is -2.93. The predicted molar refractivity (Wildman–Crippen MR) is 60.0 cm³/mol. The van der Waals surface area contributed by atoms with E-state index in [1.54, 1.807) is 4.31 Å². The molecule has 0 amide bonds. The second-order valence-electron chi connectivity index (χ2n) is 4.39. The summed E-state index contributed by atoms with van der Waals surface area (Å²) in [6.07, 6.45) is 3.22. The Morgan fingerprint density at radius 1 is 1.21 bits per heavy atom. The van der Waals surface area contributed by atoms with Gasteiger partial charge in [-0.05, 0) is 31.1 Å². The summed E-state index contributed by atoms with van der Waals surface area (Å²) in [5.41, 5.74) is 0. The van der Waals surface area contributed by atoms with E-state index in [-0.39, 0.29) is 0 Å². The molecule has 1 saturated carbocycles. The summed E-state index contributed by atoms with van der Waals surface area (Å²) >= 11 is 3.41. The van der Waals surface area contributed by atoms with Gasteiger partial charge in [0.1, 0.15) is 0 Å². The fourth-order valence-electron chi connectivity index (χ4n) is 1.86. The third-order valence-corrected chi connectivity index (χ3v) is 5.93. The molecular weight excluding hydrogens is 266 g/mol. The number of halogens is 1. The lowest BCUT2D eigenvalue weighted by Gasteiger charge is -2.15. The van der Waals surface area contributed by atoms with Crippen LogP contribution in [0.4, 0.5) is 0 Å². The van der Waals surface area contributed by atoms with Crippen LogP contribution in [0.5, 0.6) is 0 Å². The fourth-order valence-corrected chi connectivity index (χ4v) is 4.35. The second-order valence-corrected chi connectivity index (χ2v) is 7.05. The average Bonchev–Trinajstić information content (AvgIpc) is 2.81. The van der Waals surface area contributed by atoms with Crippen LogP contribution >= 0.6 is 15.9 Å². The van der Waals surface area contributed by atoms with Gasteiger partial charge in [-0.1, -0.05) is 15.9 Å². The van der Waals surface area contributed by atoms with Crippen LogP contribution in [-0.4, -0.2) is 36.9 Å². The van der Waals surface area contributed by atoms with Gasteiger partial charge in [-0.3, -0.25) is 0 Å². The number of alkyl halides is 1. The molecule has 0 aromatic heterocycles. The molecule has 0 aromatic rings. The number of rotatable bonds is 4. The quantitative estimate of drug-likeness (QED) is 0.732. The van der Waals surface area contributed by atoms with Crippen molar-refractivity contribution in [3.05, 3.63) is 0 Å². The Bertz CT molecular complexity index is 300. The zero-order valence-corrected chi connectivity index (χ0v) is 10.6. The van der Waals surface area contributed by atoms with Crippen molar-refractivity contribution in [3.63, 3.8) is 0 Å². The van der Waals surface area contributed by atoms with E-state index in [1.807, 2.05) is 0 Å². The molecule has 3 nitrogen and oxygen atoms in total. The van der Waals surface area contributed by atoms with Gasteiger partial charge < -0.3 is 0 Å². The molecule has 14 heavy (non-hydrogen) atoms. The fraction of sp³-hybridized carbons (Fsp3) is 1.00. The zero-order valence-electron chi connectivity index (χ0n) is 8.15. The Morgan fingerprint density at radius 2 is 1.93 bits per heavy atom. The van der Waals surface area contributed by atoms with Crippen LogP contribution in [0.25, 0.3) is 0 Å². The van der Waals surface area contributed by atoms with E-state index >= 15 is 0 Å². The van der Waals surface area contributed by atoms with Crippen LogP contribution in [0, 0.1) is 11.8 Å². The van der Waals surface area contributed by atoms with Crippen molar-refractivity contribution in [2.45, 2.75) is 19.3 Å². The molecule has 1 unspecified atom stereocenters. The molecule has 82 valence electrons. The molecule has 2 fully saturated rings. The Hall–Kier alpha value is 0.390. The van der Waals surface area contributed by atoms with Gasteiger partial charge in [0.05, 0.1) is 5.75 Å². The molecule has 5 heteroatoms. The molecule has 0 radical (unpaired) electrons. The summed E-state index contributed by atoms with van der Waals surface area (Å²) in [5.74, 6) is 1.37. The highest BCUT2D eigenvalue weighted by Crippen LogP contribution is 2.32. The highest BCUT2D eigenvalue weighted by molar-refractivity contribution is 9.09. The molecule has 1 heterocycles. The molecule has 0 spiro atoms. The predicted octanol–water partition coefficient (Wildman–Crippen LogP) is 1.44. The maximum Gasteiger partial charge on any atom is 0.214 e. The van der Waals surface area contributed by atoms with E-state index in [2.05, 4.69) is 15.9 Å². The van der Waals surface area contributed by atoms with Crippen molar-refractivity contribution in [1.82, 2.24) is 4.31 Å². The first kappa shape index (κ1) is 10.9. The zero-order chi connectivity index (χ0) is 10.2. The molecule has 2 rings (SSSR count). The van der Waals surface area contributed by atoms with Gasteiger partial charge in [-0.15, -0.1) is 0 Å². The van der Waals surface area contributed by atoms with Crippen molar-refractivity contribution >= 4 is 26.0 Å². The number of nitrogens with zero attached hydrogens (tertiary/aromatic N) is 1. The number of hydrogen-bond donors (Lipinski definition) is 0. The topological polar surface area (TPSA) is 37.4 Å². The van der Waals surface area contributed by atoms with Gasteiger partial charge in [-0.2, -0.15) is 0 Å². The Labute approximate surface area is 94.0 Å². The minimum absolute atomic E-state index is 0.391. The number of sulfonamides is 1. The summed E-state index contributed by atoms with van der Waals surface area (Å²) < 4.78 is 25.4. The normalized spacial score (nSPS) is 29.6. The lowest BCUT2D eigenvalue weighted by atomic mass is 10.2. The Morgan fingerprint density at radius 3 is 2.43 bits per heavy atom. The van der Waals surface area contributed by atoms with Gasteiger partial charge in [0.2, 0.25) is 10.0 Å². The van der Waals surface area contributed by atoms with E-state index in [9.17, 15) is 8.42 Å². The first-order chi connectivity index (χ1) is 6.62. The highest BCUT2D eigenvalue weighted by Gasteiger charge is 2.35. The lowest BCUT2D eigenvalue weighted by Crippen LogP contribution is -2.31. The van der Waals surface area contributed by atoms with Crippen molar-refractivity contribution < 1.29 is 8.42 Å². The lowest BCUT2D eigenvalue weighted by molar-refractivity contribution is 0.463. The van der Waals surface area contributed by atoms with Crippen molar-refractivity contribution in [2.24, 2.45) is 11.8 Å². The summed E-state index contributed by atoms with van der Waals surface area (Å²) in [5, 5.41) is 0.919. The van der Waals surface area contributed by atoms with Crippen LogP contribution in [-0.2, 0) is 10.0 Å². The van der Waals surface area contributed by atoms with Crippen molar-refractivity contribution in [1.29, 1.82) is 0 Å². The van der Waals surface area contributed by atoms with Gasteiger partial charge in [0.15, 0.2) is 0 Å². The van der Waals surface area contributed by atoms with E-state index in [1.165, 1.54) is 0 Å². The van der Waals surface area contributed by atoms with E-state index in [0.717, 1.165) is 37.7 Å². The molecule has 2 aliphatic rings. The maximum absolute atomic E-state index is 11.9. The molecule has 1 saturated heterocycles. The van der Waals surface area contributed by atoms with Crippen LogP contribution < -0.4 is 0 Å². The maximum atomic E-state index is 11.9. The number of hydrogen-bond acceptors (Lipinski definition) is 2. The van der Waals surface area contributed by atoms with E-state index in [0.29, 0.717) is 17.6 Å². The summed E-state index contributed by atoms with van der Waals surface area (Å²) in [6.45, 7) is 1.45. The SMILES string of the molecule is O=S(=O)(CC1CC1)N1CCC(CBr)C1. The molecule has 1 atom stereocenters. The summed E-state index contributed by atoms with van der Waals surface area (Å²) in [6, 6.07) is 0. The summed E-state index contributed by atoms with van der Waals surface area (Å²) in [7, 11) is -2.93. The van der Waals surface area contributed by atoms with Gasteiger partial charge in [0, 0.05) is 18.4 Å².